The minimum Gasteiger partial charge on any atom is -0.395 e. The maximum atomic E-state index is 13.0. The summed E-state index contributed by atoms with van der Waals surface area (Å²) in [6, 6.07) is 2.41. The molecule has 88 valence electrons. The molecule has 0 heterocycles. The van der Waals surface area contributed by atoms with Crippen molar-refractivity contribution < 1.29 is 22.7 Å². The fraction of sp³-hybridized carbons (Fsp3) is 0.455. The molecule has 0 radical (unpaired) electrons. The van der Waals surface area contributed by atoms with Gasteiger partial charge in [-0.3, -0.25) is 0 Å². The first-order chi connectivity index (χ1) is 7.39. The number of hydrogen-bond acceptors (Lipinski definition) is 1. The zero-order valence-electron chi connectivity index (χ0n) is 8.31. The summed E-state index contributed by atoms with van der Waals surface area (Å²) >= 11 is 0. The van der Waals surface area contributed by atoms with E-state index >= 15 is 0 Å². The summed E-state index contributed by atoms with van der Waals surface area (Å²) in [5, 5.41) is 9.10. The van der Waals surface area contributed by atoms with Gasteiger partial charge in [0.1, 0.15) is 5.82 Å². The Morgan fingerprint density at radius 2 is 1.88 bits per heavy atom. The number of hydrogen-bond donors (Lipinski definition) is 1. The number of alkyl halides is 3. The van der Waals surface area contributed by atoms with Gasteiger partial charge in [0, 0.05) is 5.41 Å². The maximum Gasteiger partial charge on any atom is 0.416 e. The van der Waals surface area contributed by atoms with Crippen LogP contribution in [0, 0.1) is 5.82 Å². The van der Waals surface area contributed by atoms with Gasteiger partial charge in [-0.05, 0) is 36.6 Å². The van der Waals surface area contributed by atoms with E-state index in [2.05, 4.69) is 0 Å². The molecule has 1 aromatic carbocycles. The van der Waals surface area contributed by atoms with Gasteiger partial charge in [0.05, 0.1) is 12.2 Å². The number of halogens is 4. The highest BCUT2D eigenvalue weighted by Crippen LogP contribution is 2.51. The molecule has 1 nitrogen and oxygen atoms in total. The zero-order chi connectivity index (χ0) is 12.0. The molecule has 0 aliphatic heterocycles. The highest BCUT2D eigenvalue weighted by Gasteiger charge is 2.49. The van der Waals surface area contributed by atoms with Crippen molar-refractivity contribution in [2.45, 2.75) is 24.4 Å². The topological polar surface area (TPSA) is 20.2 Å². The second kappa shape index (κ2) is 3.45. The summed E-state index contributed by atoms with van der Waals surface area (Å²) in [6.45, 7) is -0.375. The molecule has 16 heavy (non-hydrogen) atoms. The molecule has 0 bridgehead atoms. The molecule has 1 aromatic rings. The van der Waals surface area contributed by atoms with Crippen molar-refractivity contribution in [3.63, 3.8) is 0 Å². The largest absolute Gasteiger partial charge is 0.416 e. The van der Waals surface area contributed by atoms with E-state index in [1.165, 1.54) is 0 Å². The first-order valence-corrected chi connectivity index (χ1v) is 4.87. The molecule has 0 spiro atoms. The van der Waals surface area contributed by atoms with Gasteiger partial charge in [-0.15, -0.1) is 0 Å². The lowest BCUT2D eigenvalue weighted by atomic mass is 9.91. The van der Waals surface area contributed by atoms with Gasteiger partial charge in [-0.1, -0.05) is 0 Å². The van der Waals surface area contributed by atoms with Gasteiger partial charge in [0.25, 0.3) is 0 Å². The van der Waals surface area contributed by atoms with Crippen molar-refractivity contribution >= 4 is 0 Å². The van der Waals surface area contributed by atoms with Crippen molar-refractivity contribution in [2.75, 3.05) is 6.61 Å². The quantitative estimate of drug-likeness (QED) is 0.780. The summed E-state index contributed by atoms with van der Waals surface area (Å²) in [5.74, 6) is -0.706. The summed E-state index contributed by atoms with van der Waals surface area (Å²) in [7, 11) is 0. The smallest absolute Gasteiger partial charge is 0.395 e. The molecule has 0 atom stereocenters. The van der Waals surface area contributed by atoms with Crippen LogP contribution in [0.5, 0.6) is 0 Å². The fourth-order valence-electron chi connectivity index (χ4n) is 1.87. The number of aliphatic hydroxyl groups excluding tert-OH is 1. The van der Waals surface area contributed by atoms with E-state index in [9.17, 15) is 17.6 Å². The molecular formula is C11H10F4O. The van der Waals surface area contributed by atoms with E-state index in [0.717, 1.165) is 18.2 Å². The molecule has 0 saturated heterocycles. The first kappa shape index (κ1) is 11.4. The molecule has 1 N–H and O–H groups in total. The van der Waals surface area contributed by atoms with Gasteiger partial charge >= 0.3 is 6.18 Å². The molecule has 1 saturated carbocycles. The van der Waals surface area contributed by atoms with Gasteiger partial charge in [0.15, 0.2) is 0 Å². The molecule has 1 aliphatic carbocycles. The van der Waals surface area contributed by atoms with Crippen LogP contribution in [0.15, 0.2) is 18.2 Å². The van der Waals surface area contributed by atoms with Crippen LogP contribution in [0.1, 0.15) is 24.0 Å². The van der Waals surface area contributed by atoms with Crippen LogP contribution in [-0.2, 0) is 11.6 Å². The minimum atomic E-state index is -4.51. The summed E-state index contributed by atoms with van der Waals surface area (Å²) in [5.41, 5.74) is -1.85. The van der Waals surface area contributed by atoms with Crippen molar-refractivity contribution in [2.24, 2.45) is 0 Å². The number of benzene rings is 1. The predicted molar refractivity (Wildman–Crippen MR) is 49.4 cm³/mol. The van der Waals surface area contributed by atoms with Crippen LogP contribution in [0.3, 0.4) is 0 Å². The third-order valence-electron chi connectivity index (χ3n) is 3.01. The van der Waals surface area contributed by atoms with Gasteiger partial charge in [-0.25, -0.2) is 4.39 Å². The van der Waals surface area contributed by atoms with E-state index in [-0.39, 0.29) is 12.2 Å². The van der Waals surface area contributed by atoms with Crippen LogP contribution < -0.4 is 0 Å². The second-order valence-corrected chi connectivity index (χ2v) is 4.13. The zero-order valence-corrected chi connectivity index (χ0v) is 8.31. The molecule has 1 aliphatic rings. The lowest BCUT2D eigenvalue weighted by Gasteiger charge is -2.19. The van der Waals surface area contributed by atoms with E-state index < -0.39 is 23.0 Å². The van der Waals surface area contributed by atoms with E-state index in [4.69, 9.17) is 5.11 Å². The van der Waals surface area contributed by atoms with E-state index in [1.807, 2.05) is 0 Å². The molecule has 0 unspecified atom stereocenters. The van der Waals surface area contributed by atoms with Gasteiger partial charge < -0.3 is 5.11 Å². The summed E-state index contributed by atoms with van der Waals surface area (Å²) in [4.78, 5) is 0. The van der Waals surface area contributed by atoms with Crippen LogP contribution >= 0.6 is 0 Å². The van der Waals surface area contributed by atoms with Crippen molar-refractivity contribution in [1.29, 1.82) is 0 Å². The summed E-state index contributed by atoms with van der Waals surface area (Å²) in [6.07, 6.45) is -3.57. The van der Waals surface area contributed by atoms with Crippen LogP contribution in [-0.4, -0.2) is 11.7 Å². The summed E-state index contributed by atoms with van der Waals surface area (Å²) < 4.78 is 51.0. The van der Waals surface area contributed by atoms with Gasteiger partial charge in [-0.2, -0.15) is 13.2 Å². The second-order valence-electron chi connectivity index (χ2n) is 4.13. The SMILES string of the molecule is OCC1(c2cc(F)ccc2C(F)(F)F)CC1. The molecule has 5 heteroatoms. The monoisotopic (exact) mass is 234 g/mol. The van der Waals surface area contributed by atoms with E-state index in [0.29, 0.717) is 12.8 Å². The number of aliphatic hydroxyl groups is 1. The molecule has 0 aromatic heterocycles. The third-order valence-corrected chi connectivity index (χ3v) is 3.01. The molecule has 0 amide bonds. The Morgan fingerprint density at radius 3 is 2.31 bits per heavy atom. The van der Waals surface area contributed by atoms with Crippen LogP contribution in [0.25, 0.3) is 0 Å². The van der Waals surface area contributed by atoms with Crippen molar-refractivity contribution in [1.82, 2.24) is 0 Å². The first-order valence-electron chi connectivity index (χ1n) is 4.87. The average Bonchev–Trinajstić information content (AvgIpc) is 2.96. The standard InChI is InChI=1S/C11H10F4O/c12-7-1-2-8(11(13,14)15)9(5-7)10(6-16)3-4-10/h1-2,5,16H,3-4,6H2. The van der Waals surface area contributed by atoms with E-state index in [1.54, 1.807) is 0 Å². The van der Waals surface area contributed by atoms with Crippen molar-refractivity contribution in [3.05, 3.63) is 35.1 Å². The maximum absolute atomic E-state index is 13.0. The lowest BCUT2D eigenvalue weighted by molar-refractivity contribution is -0.138. The molecule has 1 fully saturated rings. The van der Waals surface area contributed by atoms with Crippen LogP contribution in [0.4, 0.5) is 17.6 Å². The third kappa shape index (κ3) is 1.80. The Morgan fingerprint density at radius 1 is 1.25 bits per heavy atom. The Balaban J connectivity index is 2.54. The van der Waals surface area contributed by atoms with Crippen molar-refractivity contribution in [3.8, 4) is 0 Å². The van der Waals surface area contributed by atoms with Crippen LogP contribution in [0.2, 0.25) is 0 Å². The number of rotatable bonds is 2. The highest BCUT2D eigenvalue weighted by atomic mass is 19.4. The Kier molecular flexibility index (Phi) is 2.45. The minimum absolute atomic E-state index is 0.123. The average molecular weight is 234 g/mol. The Bertz CT molecular complexity index is 407. The fourth-order valence-corrected chi connectivity index (χ4v) is 1.87. The highest BCUT2D eigenvalue weighted by molar-refractivity contribution is 5.40. The Hall–Kier alpha value is -1.10. The lowest BCUT2D eigenvalue weighted by Crippen LogP contribution is -2.19. The predicted octanol–water partition coefficient (Wildman–Crippen LogP) is 2.87. The molecule has 2 rings (SSSR count). The molecular weight excluding hydrogens is 224 g/mol. The van der Waals surface area contributed by atoms with Gasteiger partial charge in [0.2, 0.25) is 0 Å². The normalized spacial score (nSPS) is 18.6. The Labute approximate surface area is 89.7 Å².